The van der Waals surface area contributed by atoms with E-state index in [1.807, 2.05) is 19.2 Å². The summed E-state index contributed by atoms with van der Waals surface area (Å²) < 4.78 is 0.951. The van der Waals surface area contributed by atoms with Gasteiger partial charge in [0, 0.05) is 23.6 Å². The van der Waals surface area contributed by atoms with Gasteiger partial charge in [0.15, 0.2) is 0 Å². The molecule has 1 aromatic rings. The average Bonchev–Trinajstić information content (AvgIpc) is 2.38. The summed E-state index contributed by atoms with van der Waals surface area (Å²) in [5.41, 5.74) is 12.9. The van der Waals surface area contributed by atoms with Crippen molar-refractivity contribution in [2.45, 2.75) is 37.8 Å². The largest absolute Gasteiger partial charge is 0.371 e. The Morgan fingerprint density at radius 1 is 1.32 bits per heavy atom. The van der Waals surface area contributed by atoms with E-state index in [4.69, 9.17) is 11.5 Å². The Bertz CT molecular complexity index is 470. The van der Waals surface area contributed by atoms with Gasteiger partial charge >= 0.3 is 0 Å². The molecule has 0 spiro atoms. The molecule has 1 aliphatic rings. The maximum Gasteiger partial charge on any atom is 0.250 e. The van der Waals surface area contributed by atoms with Gasteiger partial charge in [-0.1, -0.05) is 15.9 Å². The van der Waals surface area contributed by atoms with E-state index in [-0.39, 0.29) is 5.91 Å². The number of nitrogens with zero attached hydrogens (tertiary/aromatic N) is 1. The molecule has 104 valence electrons. The van der Waals surface area contributed by atoms with Crippen LogP contribution in [0.25, 0.3) is 0 Å². The molecular weight excluding hydrogens is 306 g/mol. The fraction of sp³-hybridized carbons (Fsp3) is 0.500. The second-order valence-electron chi connectivity index (χ2n) is 5.21. The first-order valence-corrected chi connectivity index (χ1v) is 7.36. The van der Waals surface area contributed by atoms with Gasteiger partial charge in [-0.2, -0.15) is 0 Å². The van der Waals surface area contributed by atoms with Crippen molar-refractivity contribution in [2.24, 2.45) is 11.5 Å². The van der Waals surface area contributed by atoms with Gasteiger partial charge < -0.3 is 16.4 Å². The lowest BCUT2D eigenvalue weighted by molar-refractivity contribution is 0.100. The summed E-state index contributed by atoms with van der Waals surface area (Å²) in [4.78, 5) is 13.7. The number of carbonyl (C=O) groups is 1. The lowest BCUT2D eigenvalue weighted by Gasteiger charge is -2.35. The van der Waals surface area contributed by atoms with Gasteiger partial charge in [0.25, 0.3) is 5.91 Å². The number of hydrogen-bond donors (Lipinski definition) is 2. The van der Waals surface area contributed by atoms with E-state index >= 15 is 0 Å². The van der Waals surface area contributed by atoms with E-state index in [2.05, 4.69) is 20.8 Å². The number of hydrogen-bond acceptors (Lipinski definition) is 3. The molecule has 0 aliphatic heterocycles. The van der Waals surface area contributed by atoms with Gasteiger partial charge in [-0.3, -0.25) is 4.79 Å². The zero-order valence-electron chi connectivity index (χ0n) is 11.1. The number of carbonyl (C=O) groups excluding carboxylic acids is 1. The van der Waals surface area contributed by atoms with Crippen molar-refractivity contribution in [1.82, 2.24) is 0 Å². The van der Waals surface area contributed by atoms with E-state index < -0.39 is 0 Å². The monoisotopic (exact) mass is 325 g/mol. The number of rotatable bonds is 3. The third-order valence-electron chi connectivity index (χ3n) is 3.89. The predicted octanol–water partition coefficient (Wildman–Crippen LogP) is 2.25. The van der Waals surface area contributed by atoms with Crippen LogP contribution in [0.2, 0.25) is 0 Å². The minimum atomic E-state index is -0.387. The van der Waals surface area contributed by atoms with E-state index in [1.165, 1.54) is 0 Å². The number of amides is 1. The Hall–Kier alpha value is -1.07. The minimum Gasteiger partial charge on any atom is -0.371 e. The highest BCUT2D eigenvalue weighted by Gasteiger charge is 2.24. The molecule has 4 N–H and O–H groups in total. The van der Waals surface area contributed by atoms with Gasteiger partial charge in [0.2, 0.25) is 0 Å². The number of nitrogens with two attached hydrogens (primary N) is 2. The van der Waals surface area contributed by atoms with E-state index in [0.29, 0.717) is 17.6 Å². The van der Waals surface area contributed by atoms with Crippen LogP contribution in [-0.2, 0) is 0 Å². The van der Waals surface area contributed by atoms with Crippen LogP contribution >= 0.6 is 15.9 Å². The van der Waals surface area contributed by atoms with Crippen LogP contribution in [0, 0.1) is 0 Å². The summed E-state index contributed by atoms with van der Waals surface area (Å²) in [7, 11) is 2.02. The van der Waals surface area contributed by atoms with Gasteiger partial charge in [-0.15, -0.1) is 0 Å². The molecule has 0 bridgehead atoms. The molecule has 1 aliphatic carbocycles. The lowest BCUT2D eigenvalue weighted by atomic mass is 9.90. The molecule has 1 amide bonds. The zero-order valence-corrected chi connectivity index (χ0v) is 12.7. The Labute approximate surface area is 122 Å². The SMILES string of the molecule is CN(c1cc(Br)ccc1C(N)=O)C1CCC(N)CC1. The van der Waals surface area contributed by atoms with Gasteiger partial charge in [-0.25, -0.2) is 0 Å². The summed E-state index contributed by atoms with van der Waals surface area (Å²) in [5, 5.41) is 0. The molecule has 0 saturated heterocycles. The van der Waals surface area contributed by atoms with Crippen molar-refractivity contribution in [3.63, 3.8) is 0 Å². The fourth-order valence-corrected chi connectivity index (χ4v) is 3.04. The zero-order chi connectivity index (χ0) is 14.0. The second kappa shape index (κ2) is 5.92. The Morgan fingerprint density at radius 3 is 2.53 bits per heavy atom. The molecule has 0 radical (unpaired) electrons. The standard InChI is InChI=1S/C14H20BrN3O/c1-18(11-5-3-10(16)4-6-11)13-8-9(15)2-7-12(13)14(17)19/h2,7-8,10-11H,3-6,16H2,1H3,(H2,17,19). The summed E-state index contributed by atoms with van der Waals surface area (Å²) >= 11 is 3.45. The fourth-order valence-electron chi connectivity index (χ4n) is 2.69. The molecular formula is C14H20BrN3O. The summed E-state index contributed by atoms with van der Waals surface area (Å²) in [5.74, 6) is -0.387. The van der Waals surface area contributed by atoms with E-state index in [9.17, 15) is 4.79 Å². The first-order chi connectivity index (χ1) is 8.99. The van der Waals surface area contributed by atoms with Crippen molar-refractivity contribution in [2.75, 3.05) is 11.9 Å². The van der Waals surface area contributed by atoms with Gasteiger partial charge in [0.05, 0.1) is 11.3 Å². The third kappa shape index (κ3) is 3.28. The maximum atomic E-state index is 11.5. The van der Waals surface area contributed by atoms with E-state index in [1.54, 1.807) is 6.07 Å². The first-order valence-electron chi connectivity index (χ1n) is 6.57. The summed E-state index contributed by atoms with van der Waals surface area (Å²) in [6, 6.07) is 6.31. The second-order valence-corrected chi connectivity index (χ2v) is 6.12. The van der Waals surface area contributed by atoms with Crippen molar-refractivity contribution in [3.8, 4) is 0 Å². The molecule has 1 saturated carbocycles. The van der Waals surface area contributed by atoms with Crippen LogP contribution in [0.5, 0.6) is 0 Å². The topological polar surface area (TPSA) is 72.3 Å². The van der Waals surface area contributed by atoms with Crippen LogP contribution < -0.4 is 16.4 Å². The molecule has 1 aromatic carbocycles. The average molecular weight is 326 g/mol. The van der Waals surface area contributed by atoms with Crippen LogP contribution in [-0.4, -0.2) is 25.0 Å². The molecule has 5 heteroatoms. The summed E-state index contributed by atoms with van der Waals surface area (Å²) in [6.45, 7) is 0. The highest BCUT2D eigenvalue weighted by molar-refractivity contribution is 9.10. The van der Waals surface area contributed by atoms with Crippen LogP contribution in [0.15, 0.2) is 22.7 Å². The number of halogens is 1. The quantitative estimate of drug-likeness (QED) is 0.895. The predicted molar refractivity (Wildman–Crippen MR) is 81.3 cm³/mol. The van der Waals surface area contributed by atoms with Crippen molar-refractivity contribution >= 4 is 27.5 Å². The minimum absolute atomic E-state index is 0.322. The van der Waals surface area contributed by atoms with E-state index in [0.717, 1.165) is 35.8 Å². The number of anilines is 1. The summed E-state index contributed by atoms with van der Waals surface area (Å²) in [6.07, 6.45) is 4.19. The number of primary amides is 1. The Kier molecular flexibility index (Phi) is 4.47. The van der Waals surface area contributed by atoms with Crippen molar-refractivity contribution in [3.05, 3.63) is 28.2 Å². The molecule has 0 aromatic heterocycles. The van der Waals surface area contributed by atoms with Gasteiger partial charge in [-0.05, 0) is 43.9 Å². The molecule has 2 rings (SSSR count). The van der Waals surface area contributed by atoms with Crippen molar-refractivity contribution in [1.29, 1.82) is 0 Å². The molecule has 0 heterocycles. The van der Waals surface area contributed by atoms with Crippen LogP contribution in [0.1, 0.15) is 36.0 Å². The highest BCUT2D eigenvalue weighted by atomic mass is 79.9. The molecule has 1 fully saturated rings. The smallest absolute Gasteiger partial charge is 0.250 e. The first kappa shape index (κ1) is 14.3. The Balaban J connectivity index is 2.25. The highest BCUT2D eigenvalue weighted by Crippen LogP contribution is 2.30. The molecule has 19 heavy (non-hydrogen) atoms. The lowest BCUT2D eigenvalue weighted by Crippen LogP contribution is -2.39. The van der Waals surface area contributed by atoms with Gasteiger partial charge in [0.1, 0.15) is 0 Å². The van der Waals surface area contributed by atoms with Crippen LogP contribution in [0.4, 0.5) is 5.69 Å². The van der Waals surface area contributed by atoms with Crippen LogP contribution in [0.3, 0.4) is 0 Å². The maximum absolute atomic E-state index is 11.5. The molecule has 0 atom stereocenters. The Morgan fingerprint density at radius 2 is 1.95 bits per heavy atom. The number of benzene rings is 1. The molecule has 4 nitrogen and oxygen atoms in total. The normalized spacial score (nSPS) is 23.1. The molecule has 0 unspecified atom stereocenters. The van der Waals surface area contributed by atoms with Crippen molar-refractivity contribution < 1.29 is 4.79 Å². The third-order valence-corrected chi connectivity index (χ3v) is 4.39.